The molecule has 31 heavy (non-hydrogen) atoms. The second-order valence-corrected chi connectivity index (χ2v) is 11.5. The van der Waals surface area contributed by atoms with Crippen LogP contribution in [0.4, 0.5) is 0 Å². The molecule has 6 fully saturated rings. The predicted octanol–water partition coefficient (Wildman–Crippen LogP) is -0.810. The monoisotopic (exact) mass is 442 g/mol. The molecule has 2 aliphatic heterocycles. The van der Waals surface area contributed by atoms with Crippen LogP contribution in [0.25, 0.3) is 0 Å². The first-order valence-corrected chi connectivity index (χ1v) is 11.1. The van der Waals surface area contributed by atoms with Gasteiger partial charge in [0, 0.05) is 18.8 Å². The lowest BCUT2D eigenvalue weighted by Gasteiger charge is -2.60. The van der Waals surface area contributed by atoms with E-state index in [9.17, 15) is 35.4 Å². The molecular formula is C22H34O9. The van der Waals surface area contributed by atoms with E-state index in [2.05, 4.69) is 0 Å². The maximum atomic E-state index is 12.6. The van der Waals surface area contributed by atoms with Gasteiger partial charge in [-0.05, 0) is 31.6 Å². The largest absolute Gasteiger partial charge is 0.456 e. The van der Waals surface area contributed by atoms with E-state index in [4.69, 9.17) is 9.47 Å². The van der Waals surface area contributed by atoms with Crippen molar-refractivity contribution >= 4 is 5.97 Å². The Morgan fingerprint density at radius 1 is 1.13 bits per heavy atom. The van der Waals surface area contributed by atoms with Gasteiger partial charge in [-0.2, -0.15) is 0 Å². The van der Waals surface area contributed by atoms with Gasteiger partial charge in [0.1, 0.15) is 22.4 Å². The molecule has 6 aliphatic rings. The number of aliphatic hydroxyl groups excluding tert-OH is 1. The number of aliphatic hydroxyl groups is 6. The molecule has 4 aliphatic carbocycles. The Morgan fingerprint density at radius 3 is 2.23 bits per heavy atom. The van der Waals surface area contributed by atoms with Crippen LogP contribution in [0.3, 0.4) is 0 Å². The number of esters is 1. The molecule has 2 heterocycles. The van der Waals surface area contributed by atoms with Crippen LogP contribution in [-0.2, 0) is 14.3 Å². The summed E-state index contributed by atoms with van der Waals surface area (Å²) in [5, 5.41) is 72.6. The number of ether oxygens (including phenoxy) is 2. The smallest absolute Gasteiger partial charge is 0.303 e. The van der Waals surface area contributed by atoms with E-state index in [0.717, 1.165) is 6.92 Å². The van der Waals surface area contributed by atoms with E-state index >= 15 is 0 Å². The predicted molar refractivity (Wildman–Crippen MR) is 104 cm³/mol. The summed E-state index contributed by atoms with van der Waals surface area (Å²) in [7, 11) is 0. The van der Waals surface area contributed by atoms with Crippen molar-refractivity contribution in [1.82, 2.24) is 0 Å². The maximum Gasteiger partial charge on any atom is 0.303 e. The number of hydrogen-bond acceptors (Lipinski definition) is 9. The lowest BCUT2D eigenvalue weighted by molar-refractivity contribution is -0.390. The lowest BCUT2D eigenvalue weighted by atomic mass is 9.52. The van der Waals surface area contributed by atoms with Crippen molar-refractivity contribution < 1.29 is 44.9 Å². The van der Waals surface area contributed by atoms with Crippen molar-refractivity contribution in [1.29, 1.82) is 0 Å². The summed E-state index contributed by atoms with van der Waals surface area (Å²) in [4.78, 5) is 12.1. The van der Waals surface area contributed by atoms with Crippen LogP contribution in [0, 0.1) is 22.7 Å². The second-order valence-electron chi connectivity index (χ2n) is 11.5. The van der Waals surface area contributed by atoms with E-state index in [-0.39, 0.29) is 12.8 Å². The first-order valence-electron chi connectivity index (χ1n) is 11.1. The molecule has 176 valence electrons. The third-order valence-electron chi connectivity index (χ3n) is 10.5. The van der Waals surface area contributed by atoms with Gasteiger partial charge in [-0.15, -0.1) is 0 Å². The zero-order valence-electron chi connectivity index (χ0n) is 18.8. The number of hydrogen-bond donors (Lipinski definition) is 6. The Kier molecular flexibility index (Phi) is 3.65. The normalized spacial score (nSPS) is 66.0. The van der Waals surface area contributed by atoms with Crippen LogP contribution in [0.2, 0.25) is 0 Å². The van der Waals surface area contributed by atoms with E-state index in [1.807, 2.05) is 0 Å². The summed E-state index contributed by atoms with van der Waals surface area (Å²) in [6, 6.07) is 0. The topological polar surface area (TPSA) is 157 Å². The molecule has 2 saturated heterocycles. The standard InChI is InChI=1S/C22H34O9/c1-10(2)19(27)14(30-12(4)23)20(28)15(5)9-18(26)16(19,6)22(20,29)21(31-18)13(24)11(3)7-8-17(15,21)25/h10-11,13-14,24-29H,7-9H2,1-6H3/t11-,13+,14+,15-,16+,17-,18-,19+,20+,21+,22+/m0/s1. The fourth-order valence-corrected chi connectivity index (χ4v) is 9.10. The van der Waals surface area contributed by atoms with E-state index < -0.39 is 74.6 Å². The van der Waals surface area contributed by atoms with Gasteiger partial charge in [0.05, 0.1) is 11.5 Å². The number of carbonyl (C=O) groups is 1. The third kappa shape index (κ3) is 1.47. The van der Waals surface area contributed by atoms with E-state index in [1.165, 1.54) is 13.8 Å². The van der Waals surface area contributed by atoms with E-state index in [1.54, 1.807) is 20.8 Å². The van der Waals surface area contributed by atoms with Gasteiger partial charge in [0.2, 0.25) is 0 Å². The highest BCUT2D eigenvalue weighted by atomic mass is 16.7. The molecule has 0 aromatic heterocycles. The minimum atomic E-state index is -2.53. The second kappa shape index (κ2) is 5.14. The Hall–Kier alpha value is -0.810. The van der Waals surface area contributed by atoms with Crippen LogP contribution >= 0.6 is 0 Å². The summed E-state index contributed by atoms with van der Waals surface area (Å²) in [6.45, 7) is 9.05. The van der Waals surface area contributed by atoms with Gasteiger partial charge in [-0.1, -0.05) is 27.7 Å². The quantitative estimate of drug-likeness (QED) is 0.301. The van der Waals surface area contributed by atoms with Crippen molar-refractivity contribution in [2.75, 3.05) is 0 Å². The van der Waals surface area contributed by atoms with Gasteiger partial charge in [0.25, 0.3) is 0 Å². The number of rotatable bonds is 2. The van der Waals surface area contributed by atoms with Gasteiger partial charge in [0.15, 0.2) is 17.5 Å². The fraction of sp³-hybridized carbons (Fsp3) is 0.955. The van der Waals surface area contributed by atoms with Crippen molar-refractivity contribution in [3.8, 4) is 0 Å². The molecule has 11 atom stereocenters. The van der Waals surface area contributed by atoms with Crippen LogP contribution in [-0.4, -0.2) is 82.6 Å². The number of carbonyl (C=O) groups excluding carboxylic acids is 1. The molecule has 0 radical (unpaired) electrons. The highest BCUT2D eigenvalue weighted by Crippen LogP contribution is 2.90. The van der Waals surface area contributed by atoms with Crippen LogP contribution in [0.5, 0.6) is 0 Å². The molecule has 0 unspecified atom stereocenters. The van der Waals surface area contributed by atoms with Gasteiger partial charge < -0.3 is 40.1 Å². The first kappa shape index (κ1) is 22.0. The zero-order chi connectivity index (χ0) is 23.4. The maximum absolute atomic E-state index is 12.6. The molecular weight excluding hydrogens is 408 g/mol. The SMILES string of the molecule is CC(=O)O[C@H]1[C@@]2(O)[C@@]3(C)C[C@]4(O)O[C@@]5([C@H](O)[C@@H](C)CC[C@]35O)[C@@]2(O)[C@@]4(C)[C@@]1(O)C(C)C. The first-order chi connectivity index (χ1) is 13.9. The van der Waals surface area contributed by atoms with Crippen LogP contribution in [0.15, 0.2) is 0 Å². The minimum Gasteiger partial charge on any atom is -0.456 e. The molecule has 6 rings (SSSR count). The Bertz CT molecular complexity index is 894. The van der Waals surface area contributed by atoms with Crippen LogP contribution in [0.1, 0.15) is 60.8 Å². The van der Waals surface area contributed by atoms with Crippen molar-refractivity contribution in [2.45, 2.75) is 107 Å². The van der Waals surface area contributed by atoms with Gasteiger partial charge in [-0.3, -0.25) is 4.79 Å². The summed E-state index contributed by atoms with van der Waals surface area (Å²) < 4.78 is 11.7. The molecule has 9 nitrogen and oxygen atoms in total. The van der Waals surface area contributed by atoms with E-state index in [0.29, 0.717) is 6.42 Å². The highest BCUT2D eigenvalue weighted by Gasteiger charge is 3.10. The molecule has 6 N–H and O–H groups in total. The third-order valence-corrected chi connectivity index (χ3v) is 10.5. The summed E-state index contributed by atoms with van der Waals surface area (Å²) >= 11 is 0. The van der Waals surface area contributed by atoms with Crippen molar-refractivity contribution in [3.63, 3.8) is 0 Å². The molecule has 9 heteroatoms. The molecule has 0 aromatic carbocycles. The van der Waals surface area contributed by atoms with Crippen molar-refractivity contribution in [3.05, 3.63) is 0 Å². The lowest BCUT2D eigenvalue weighted by Crippen LogP contribution is -2.75. The summed E-state index contributed by atoms with van der Waals surface area (Å²) in [5.74, 6) is -4.14. The molecule has 0 amide bonds. The van der Waals surface area contributed by atoms with Crippen LogP contribution < -0.4 is 0 Å². The molecule has 4 saturated carbocycles. The summed E-state index contributed by atoms with van der Waals surface area (Å²) in [6.07, 6.45) is -2.96. The average molecular weight is 443 g/mol. The Balaban J connectivity index is 1.96. The molecule has 1 spiro atoms. The Labute approximate surface area is 181 Å². The van der Waals surface area contributed by atoms with Crippen molar-refractivity contribution in [2.24, 2.45) is 22.7 Å². The minimum absolute atomic E-state index is 0.0887. The summed E-state index contributed by atoms with van der Waals surface area (Å²) in [5.41, 5.74) is -14.9. The molecule has 0 aromatic rings. The van der Waals surface area contributed by atoms with Gasteiger partial charge >= 0.3 is 5.97 Å². The van der Waals surface area contributed by atoms with Gasteiger partial charge in [-0.25, -0.2) is 0 Å². The molecule has 6 bridgehead atoms. The zero-order valence-corrected chi connectivity index (χ0v) is 18.8. The Morgan fingerprint density at radius 2 is 1.71 bits per heavy atom. The average Bonchev–Trinajstić information content (AvgIpc) is 2.89. The highest BCUT2D eigenvalue weighted by molar-refractivity contribution is 5.68. The fourth-order valence-electron chi connectivity index (χ4n) is 9.10.